The average molecular weight is 498 g/mol. The number of benzene rings is 3. The number of hydrogen-bond acceptors (Lipinski definition) is 6. The van der Waals surface area contributed by atoms with Crippen LogP contribution in [0.25, 0.3) is 0 Å². The van der Waals surface area contributed by atoms with Crippen molar-refractivity contribution in [2.45, 2.75) is 24.3 Å². The van der Waals surface area contributed by atoms with Crippen molar-refractivity contribution in [3.63, 3.8) is 0 Å². The van der Waals surface area contributed by atoms with E-state index in [2.05, 4.69) is 15.4 Å². The molecule has 0 aliphatic heterocycles. The number of nitrogens with one attached hydrogen (secondary N) is 3. The number of carbonyl (C=O) groups excluding carboxylic acids is 2. The summed E-state index contributed by atoms with van der Waals surface area (Å²) in [5.41, 5.74) is 1.81. The van der Waals surface area contributed by atoms with Gasteiger partial charge in [-0.25, -0.2) is 8.42 Å². The molecule has 0 aliphatic carbocycles. The molecule has 0 aliphatic rings. The number of methoxy groups -OCH3 is 2. The molecule has 0 aromatic heterocycles. The Balaban J connectivity index is 1.85. The van der Waals surface area contributed by atoms with Gasteiger partial charge < -0.3 is 20.1 Å². The van der Waals surface area contributed by atoms with Crippen LogP contribution in [0.5, 0.6) is 11.5 Å². The highest BCUT2D eigenvalue weighted by Gasteiger charge is 2.27. The first-order chi connectivity index (χ1) is 16.7. The van der Waals surface area contributed by atoms with Crippen LogP contribution in [0.15, 0.2) is 77.7 Å². The predicted molar refractivity (Wildman–Crippen MR) is 133 cm³/mol. The summed E-state index contributed by atoms with van der Waals surface area (Å²) in [6.07, 6.45) is 0.128. The predicted octanol–water partition coefficient (Wildman–Crippen LogP) is 3.19. The van der Waals surface area contributed by atoms with Gasteiger partial charge in [0.2, 0.25) is 21.8 Å². The number of anilines is 2. The molecule has 3 rings (SSSR count). The van der Waals surface area contributed by atoms with Crippen molar-refractivity contribution in [1.82, 2.24) is 4.72 Å². The number of rotatable bonds is 10. The van der Waals surface area contributed by atoms with E-state index in [1.165, 1.54) is 39.3 Å². The van der Waals surface area contributed by atoms with Gasteiger partial charge in [0, 0.05) is 24.4 Å². The van der Waals surface area contributed by atoms with Crippen LogP contribution in [0.4, 0.5) is 11.4 Å². The van der Waals surface area contributed by atoms with Crippen LogP contribution < -0.4 is 24.8 Å². The van der Waals surface area contributed by atoms with Gasteiger partial charge in [0.1, 0.15) is 6.04 Å². The smallest absolute Gasteiger partial charge is 0.242 e. The Kier molecular flexibility index (Phi) is 8.45. The van der Waals surface area contributed by atoms with Gasteiger partial charge in [0.05, 0.1) is 19.1 Å². The summed E-state index contributed by atoms with van der Waals surface area (Å²) in [5.74, 6) is -0.120. The lowest BCUT2D eigenvalue weighted by atomic mass is 10.1. The quantitative estimate of drug-likeness (QED) is 0.395. The van der Waals surface area contributed by atoms with Crippen molar-refractivity contribution in [3.05, 3.63) is 78.4 Å². The van der Waals surface area contributed by atoms with E-state index in [1.54, 1.807) is 24.3 Å². The number of amides is 2. The molecule has 10 heteroatoms. The van der Waals surface area contributed by atoms with E-state index in [9.17, 15) is 18.0 Å². The maximum Gasteiger partial charge on any atom is 0.242 e. The summed E-state index contributed by atoms with van der Waals surface area (Å²) in [6, 6.07) is 18.7. The zero-order chi connectivity index (χ0) is 25.4. The van der Waals surface area contributed by atoms with E-state index in [0.717, 1.165) is 5.56 Å². The second-order valence-corrected chi connectivity index (χ2v) is 9.34. The van der Waals surface area contributed by atoms with Crippen molar-refractivity contribution < 1.29 is 27.5 Å². The van der Waals surface area contributed by atoms with Crippen molar-refractivity contribution >= 4 is 33.2 Å². The Bertz CT molecular complexity index is 1280. The molecule has 0 bridgehead atoms. The fraction of sp³-hybridized carbons (Fsp3) is 0.200. The summed E-state index contributed by atoms with van der Waals surface area (Å²) >= 11 is 0. The van der Waals surface area contributed by atoms with Crippen molar-refractivity contribution in [1.29, 1.82) is 0 Å². The number of hydrogen-bond donors (Lipinski definition) is 3. The Morgan fingerprint density at radius 1 is 0.829 bits per heavy atom. The van der Waals surface area contributed by atoms with Crippen molar-refractivity contribution in [3.8, 4) is 11.5 Å². The molecule has 1 unspecified atom stereocenters. The second kappa shape index (κ2) is 11.5. The molecule has 0 saturated carbocycles. The van der Waals surface area contributed by atoms with Gasteiger partial charge in [-0.2, -0.15) is 4.72 Å². The number of ether oxygens (including phenoxy) is 2. The largest absolute Gasteiger partial charge is 0.493 e. The first-order valence-corrected chi connectivity index (χ1v) is 12.2. The van der Waals surface area contributed by atoms with Crippen LogP contribution in [-0.4, -0.2) is 40.5 Å². The van der Waals surface area contributed by atoms with Crippen molar-refractivity contribution in [2.24, 2.45) is 0 Å². The van der Waals surface area contributed by atoms with Crippen LogP contribution >= 0.6 is 0 Å². The van der Waals surface area contributed by atoms with E-state index in [0.29, 0.717) is 17.1 Å². The highest BCUT2D eigenvalue weighted by molar-refractivity contribution is 7.89. The molecule has 3 N–H and O–H groups in total. The molecular weight excluding hydrogens is 470 g/mol. The normalized spacial score (nSPS) is 11.9. The van der Waals surface area contributed by atoms with Gasteiger partial charge in [-0.3, -0.25) is 9.59 Å². The minimum atomic E-state index is -4.09. The number of carbonyl (C=O) groups is 2. The summed E-state index contributed by atoms with van der Waals surface area (Å²) in [7, 11) is -1.23. The lowest BCUT2D eigenvalue weighted by Crippen LogP contribution is -2.45. The van der Waals surface area contributed by atoms with Gasteiger partial charge in [0.15, 0.2) is 11.5 Å². The van der Waals surface area contributed by atoms with E-state index in [1.807, 2.05) is 30.3 Å². The molecule has 9 nitrogen and oxygen atoms in total. The Morgan fingerprint density at radius 2 is 1.43 bits per heavy atom. The van der Waals surface area contributed by atoms with Crippen LogP contribution in [-0.2, 0) is 26.0 Å². The Hall–Kier alpha value is -3.89. The molecule has 0 heterocycles. The molecule has 184 valence electrons. The van der Waals surface area contributed by atoms with E-state index >= 15 is 0 Å². The van der Waals surface area contributed by atoms with Gasteiger partial charge in [0.25, 0.3) is 0 Å². The highest BCUT2D eigenvalue weighted by Crippen LogP contribution is 2.29. The minimum absolute atomic E-state index is 0.0688. The lowest BCUT2D eigenvalue weighted by Gasteiger charge is -2.19. The fourth-order valence-corrected chi connectivity index (χ4v) is 4.56. The first kappa shape index (κ1) is 25.7. The molecular formula is C25H27N3O6S. The van der Waals surface area contributed by atoms with Crippen LogP contribution in [0.3, 0.4) is 0 Å². The standard InChI is InChI=1S/C25H27N3O6S/c1-17(29)26-19-9-11-20(12-10-19)27-25(30)22(15-18-7-5-4-6-8-18)28-35(31,32)21-13-14-23(33-2)24(16-21)34-3/h4-14,16,22,28H,15H2,1-3H3,(H,26,29)(H,27,30). The molecule has 3 aromatic rings. The highest BCUT2D eigenvalue weighted by atomic mass is 32.2. The summed E-state index contributed by atoms with van der Waals surface area (Å²) in [4.78, 5) is 24.3. The molecule has 3 aromatic carbocycles. The van der Waals surface area contributed by atoms with E-state index in [-0.39, 0.29) is 23.0 Å². The topological polar surface area (TPSA) is 123 Å². The third-order valence-electron chi connectivity index (χ3n) is 5.03. The lowest BCUT2D eigenvalue weighted by molar-refractivity contribution is -0.117. The third kappa shape index (κ3) is 7.05. The molecule has 2 amide bonds. The van der Waals surface area contributed by atoms with Gasteiger partial charge in [-0.05, 0) is 48.4 Å². The molecule has 0 saturated heterocycles. The maximum absolute atomic E-state index is 13.2. The molecule has 0 radical (unpaired) electrons. The van der Waals surface area contributed by atoms with Crippen LogP contribution in [0.1, 0.15) is 12.5 Å². The molecule has 35 heavy (non-hydrogen) atoms. The van der Waals surface area contributed by atoms with Crippen molar-refractivity contribution in [2.75, 3.05) is 24.9 Å². The minimum Gasteiger partial charge on any atom is -0.493 e. The SMILES string of the molecule is COc1ccc(S(=O)(=O)NC(Cc2ccccc2)C(=O)Nc2ccc(NC(C)=O)cc2)cc1OC. The summed E-state index contributed by atoms with van der Waals surface area (Å²) in [6.45, 7) is 1.40. The number of sulfonamides is 1. The third-order valence-corrected chi connectivity index (χ3v) is 6.50. The average Bonchev–Trinajstić information content (AvgIpc) is 2.84. The second-order valence-electron chi connectivity index (χ2n) is 7.63. The summed E-state index contributed by atoms with van der Waals surface area (Å²) < 4.78 is 39.2. The summed E-state index contributed by atoms with van der Waals surface area (Å²) in [5, 5.41) is 5.38. The Labute approximate surface area is 204 Å². The van der Waals surface area contributed by atoms with Crippen LogP contribution in [0, 0.1) is 0 Å². The fourth-order valence-electron chi connectivity index (χ4n) is 3.35. The monoisotopic (exact) mass is 497 g/mol. The molecule has 0 spiro atoms. The van der Waals surface area contributed by atoms with Crippen LogP contribution in [0.2, 0.25) is 0 Å². The first-order valence-electron chi connectivity index (χ1n) is 10.7. The molecule has 1 atom stereocenters. The molecule has 0 fully saturated rings. The maximum atomic E-state index is 13.2. The zero-order valence-electron chi connectivity index (χ0n) is 19.6. The zero-order valence-corrected chi connectivity index (χ0v) is 20.4. The van der Waals surface area contributed by atoms with E-state index < -0.39 is 22.0 Å². The van der Waals surface area contributed by atoms with Gasteiger partial charge in [-0.15, -0.1) is 0 Å². The Morgan fingerprint density at radius 3 is 2.00 bits per heavy atom. The van der Waals surface area contributed by atoms with Gasteiger partial charge in [-0.1, -0.05) is 30.3 Å². The van der Waals surface area contributed by atoms with E-state index in [4.69, 9.17) is 9.47 Å². The van der Waals surface area contributed by atoms with Gasteiger partial charge >= 0.3 is 0 Å².